The van der Waals surface area contributed by atoms with Crippen LogP contribution in [0.3, 0.4) is 0 Å². The Bertz CT molecular complexity index is 694. The predicted octanol–water partition coefficient (Wildman–Crippen LogP) is 0.994. The molecule has 0 radical (unpaired) electrons. The molecule has 0 bridgehead atoms. The number of nitrogens with one attached hydrogen (secondary N) is 1. The monoisotopic (exact) mass is 435 g/mol. The highest BCUT2D eigenvalue weighted by Gasteiger charge is 2.20. The number of ether oxygens (including phenoxy) is 2. The number of hydrogen-bond acceptors (Lipinski definition) is 7. The first-order chi connectivity index (χ1) is 15.0. The molecule has 8 nitrogen and oxygen atoms in total. The Balaban J connectivity index is 1.43. The van der Waals surface area contributed by atoms with E-state index in [1.54, 1.807) is 7.11 Å². The van der Waals surface area contributed by atoms with E-state index in [4.69, 9.17) is 9.47 Å². The lowest BCUT2D eigenvalue weighted by atomic mass is 10.1. The molecule has 3 N–H and O–H groups in total. The molecule has 31 heavy (non-hydrogen) atoms. The smallest absolute Gasteiger partial charge is 0.222 e. The first-order valence-corrected chi connectivity index (χ1v) is 11.4. The van der Waals surface area contributed by atoms with Crippen molar-refractivity contribution in [3.05, 3.63) is 23.8 Å². The number of amides is 1. The summed E-state index contributed by atoms with van der Waals surface area (Å²) in [6.07, 6.45) is 3.29. The number of β-amino-alcohol motifs (C(OH)–C–C–N with tert-alkyl or cyclic N) is 1. The second-order valence-electron chi connectivity index (χ2n) is 8.48. The maximum Gasteiger partial charge on any atom is 0.222 e. The van der Waals surface area contributed by atoms with E-state index < -0.39 is 6.10 Å². The van der Waals surface area contributed by atoms with Crippen LogP contribution in [-0.4, -0.2) is 91.1 Å². The van der Waals surface area contributed by atoms with Crippen LogP contribution in [0.2, 0.25) is 0 Å². The van der Waals surface area contributed by atoms with E-state index in [9.17, 15) is 15.0 Å². The quantitative estimate of drug-likeness (QED) is 0.422. The van der Waals surface area contributed by atoms with Crippen LogP contribution in [0, 0.1) is 0 Å². The average molecular weight is 436 g/mol. The fourth-order valence-electron chi connectivity index (χ4n) is 4.16. The number of hydrogen-bond donors (Lipinski definition) is 3. The van der Waals surface area contributed by atoms with Gasteiger partial charge in [-0.25, -0.2) is 0 Å². The SMILES string of the molecule is COc1ccc(OCC(O)CN2CCC(O)CC2)c(CNCCCN2CCCC2=O)c1. The summed E-state index contributed by atoms with van der Waals surface area (Å²) in [4.78, 5) is 15.8. The van der Waals surface area contributed by atoms with Gasteiger partial charge in [-0.2, -0.15) is 0 Å². The summed E-state index contributed by atoms with van der Waals surface area (Å²) >= 11 is 0. The van der Waals surface area contributed by atoms with Crippen LogP contribution in [0.25, 0.3) is 0 Å². The van der Waals surface area contributed by atoms with E-state index in [2.05, 4.69) is 10.2 Å². The molecule has 1 amide bonds. The molecule has 174 valence electrons. The highest BCUT2D eigenvalue weighted by atomic mass is 16.5. The van der Waals surface area contributed by atoms with Gasteiger partial charge in [-0.15, -0.1) is 0 Å². The van der Waals surface area contributed by atoms with E-state index in [1.165, 1.54) is 0 Å². The first kappa shape index (κ1) is 23.8. The zero-order valence-corrected chi connectivity index (χ0v) is 18.6. The maximum atomic E-state index is 11.7. The lowest BCUT2D eigenvalue weighted by Crippen LogP contribution is -2.41. The maximum absolute atomic E-state index is 11.7. The summed E-state index contributed by atoms with van der Waals surface area (Å²) in [6, 6.07) is 5.68. The highest BCUT2D eigenvalue weighted by molar-refractivity contribution is 5.77. The lowest BCUT2D eigenvalue weighted by molar-refractivity contribution is -0.127. The van der Waals surface area contributed by atoms with E-state index in [0.717, 1.165) is 75.5 Å². The molecular weight excluding hydrogens is 398 g/mol. The molecule has 8 heteroatoms. The minimum Gasteiger partial charge on any atom is -0.497 e. The molecule has 2 saturated heterocycles. The standard InChI is InChI=1S/C23H37N3O5/c1-30-21-5-6-22(31-17-20(28)16-25-12-7-19(27)8-13-25)18(14-21)15-24-9-3-11-26-10-2-4-23(26)29/h5-6,14,19-20,24,27-28H,2-4,7-13,15-17H2,1H3. The van der Waals surface area contributed by atoms with Crippen LogP contribution in [0.4, 0.5) is 0 Å². The van der Waals surface area contributed by atoms with Gasteiger partial charge in [0.1, 0.15) is 24.2 Å². The van der Waals surface area contributed by atoms with Crippen molar-refractivity contribution in [1.29, 1.82) is 0 Å². The second-order valence-corrected chi connectivity index (χ2v) is 8.48. The van der Waals surface area contributed by atoms with Crippen molar-refractivity contribution in [1.82, 2.24) is 15.1 Å². The molecule has 0 aromatic heterocycles. The highest BCUT2D eigenvalue weighted by Crippen LogP contribution is 2.24. The molecule has 2 aliphatic heterocycles. The van der Waals surface area contributed by atoms with Crippen LogP contribution >= 0.6 is 0 Å². The Hall–Kier alpha value is -1.87. The number of carbonyl (C=O) groups excluding carboxylic acids is 1. The Labute approximate surface area is 185 Å². The predicted molar refractivity (Wildman–Crippen MR) is 118 cm³/mol. The zero-order chi connectivity index (χ0) is 22.1. The Morgan fingerprint density at radius 2 is 2.06 bits per heavy atom. The number of nitrogens with zero attached hydrogens (tertiary/aromatic N) is 2. The summed E-state index contributed by atoms with van der Waals surface area (Å²) < 4.78 is 11.3. The molecule has 2 aliphatic rings. The van der Waals surface area contributed by atoms with Crippen molar-refractivity contribution >= 4 is 5.91 Å². The molecule has 0 saturated carbocycles. The number of rotatable bonds is 12. The van der Waals surface area contributed by atoms with Gasteiger partial charge in [0.25, 0.3) is 0 Å². The lowest BCUT2D eigenvalue weighted by Gasteiger charge is -2.31. The molecule has 2 heterocycles. The number of methoxy groups -OCH3 is 1. The molecule has 0 aliphatic carbocycles. The van der Waals surface area contributed by atoms with Crippen molar-refractivity contribution in [2.24, 2.45) is 0 Å². The number of likely N-dealkylation sites (tertiary alicyclic amines) is 2. The number of aliphatic hydroxyl groups is 2. The first-order valence-electron chi connectivity index (χ1n) is 11.4. The molecule has 1 unspecified atom stereocenters. The third kappa shape index (κ3) is 7.64. The fourth-order valence-corrected chi connectivity index (χ4v) is 4.16. The average Bonchev–Trinajstić information content (AvgIpc) is 3.18. The number of benzene rings is 1. The van der Waals surface area contributed by atoms with Crippen LogP contribution in [0.15, 0.2) is 18.2 Å². The van der Waals surface area contributed by atoms with Crippen LogP contribution < -0.4 is 14.8 Å². The molecule has 3 rings (SSSR count). The minimum absolute atomic E-state index is 0.213. The number of carbonyl (C=O) groups is 1. The van der Waals surface area contributed by atoms with Gasteiger partial charge >= 0.3 is 0 Å². The van der Waals surface area contributed by atoms with Gasteiger partial charge in [0.15, 0.2) is 0 Å². The van der Waals surface area contributed by atoms with Gasteiger partial charge in [0, 0.05) is 51.3 Å². The Kier molecular flexibility index (Phi) is 9.39. The normalized spacial score (nSPS) is 19.1. The van der Waals surface area contributed by atoms with E-state index >= 15 is 0 Å². The molecular formula is C23H37N3O5. The summed E-state index contributed by atoms with van der Waals surface area (Å²) in [7, 11) is 1.64. The second kappa shape index (κ2) is 12.2. The van der Waals surface area contributed by atoms with Gasteiger partial charge in [-0.1, -0.05) is 0 Å². The van der Waals surface area contributed by atoms with Crippen LogP contribution in [-0.2, 0) is 11.3 Å². The number of piperidine rings is 1. The van der Waals surface area contributed by atoms with Gasteiger partial charge in [0.2, 0.25) is 5.91 Å². The van der Waals surface area contributed by atoms with E-state index in [-0.39, 0.29) is 18.6 Å². The van der Waals surface area contributed by atoms with Crippen molar-refractivity contribution in [2.75, 3.05) is 53.0 Å². The van der Waals surface area contributed by atoms with Gasteiger partial charge in [0.05, 0.1) is 13.2 Å². The summed E-state index contributed by atoms with van der Waals surface area (Å²) in [5, 5.41) is 23.4. The Morgan fingerprint density at radius 3 is 2.77 bits per heavy atom. The largest absolute Gasteiger partial charge is 0.497 e. The van der Waals surface area contributed by atoms with Gasteiger partial charge < -0.3 is 34.8 Å². The van der Waals surface area contributed by atoms with Crippen molar-refractivity contribution < 1.29 is 24.5 Å². The van der Waals surface area contributed by atoms with Crippen molar-refractivity contribution in [2.45, 2.75) is 50.9 Å². The molecule has 0 spiro atoms. The van der Waals surface area contributed by atoms with E-state index in [0.29, 0.717) is 19.5 Å². The van der Waals surface area contributed by atoms with Crippen molar-refractivity contribution in [3.8, 4) is 11.5 Å². The molecule has 1 aromatic carbocycles. The third-order valence-corrected chi connectivity index (χ3v) is 5.99. The van der Waals surface area contributed by atoms with Crippen molar-refractivity contribution in [3.63, 3.8) is 0 Å². The summed E-state index contributed by atoms with van der Waals surface area (Å²) in [5.74, 6) is 1.76. The van der Waals surface area contributed by atoms with Gasteiger partial charge in [-0.05, 0) is 50.4 Å². The van der Waals surface area contributed by atoms with Crippen LogP contribution in [0.5, 0.6) is 11.5 Å². The fraction of sp³-hybridized carbons (Fsp3) is 0.696. The summed E-state index contributed by atoms with van der Waals surface area (Å²) in [5.41, 5.74) is 0.977. The van der Waals surface area contributed by atoms with Crippen LogP contribution in [0.1, 0.15) is 37.7 Å². The topological polar surface area (TPSA) is 94.5 Å². The number of aliphatic hydroxyl groups excluding tert-OH is 2. The summed E-state index contributed by atoms with van der Waals surface area (Å²) in [6.45, 7) is 5.49. The molecule has 1 atom stereocenters. The van der Waals surface area contributed by atoms with E-state index in [1.807, 2.05) is 23.1 Å². The molecule has 1 aromatic rings. The Morgan fingerprint density at radius 1 is 1.26 bits per heavy atom. The van der Waals surface area contributed by atoms with Gasteiger partial charge in [-0.3, -0.25) is 4.79 Å². The zero-order valence-electron chi connectivity index (χ0n) is 18.6. The third-order valence-electron chi connectivity index (χ3n) is 5.99. The minimum atomic E-state index is -0.587. The molecule has 2 fully saturated rings.